The number of esters is 1. The Labute approximate surface area is 94.7 Å². The minimum atomic E-state index is -0.412. The van der Waals surface area contributed by atoms with E-state index in [2.05, 4.69) is 12.6 Å². The molecule has 0 aromatic rings. The molecule has 5 heteroatoms. The maximum absolute atomic E-state index is 11.4. The fourth-order valence-electron chi connectivity index (χ4n) is 1.46. The molecule has 1 saturated heterocycles. The van der Waals surface area contributed by atoms with Gasteiger partial charge in [0.2, 0.25) is 5.91 Å². The lowest BCUT2D eigenvalue weighted by atomic mass is 10.4. The van der Waals surface area contributed by atoms with Gasteiger partial charge in [0.25, 0.3) is 0 Å². The van der Waals surface area contributed by atoms with Crippen LogP contribution in [-0.4, -0.2) is 35.2 Å². The Hall–Kier alpha value is -0.970. The van der Waals surface area contributed by atoms with E-state index in [1.807, 2.05) is 0 Å². The van der Waals surface area contributed by atoms with Gasteiger partial charge in [0, 0.05) is 30.0 Å². The van der Waals surface area contributed by atoms with Gasteiger partial charge in [0.05, 0.1) is 6.61 Å². The van der Waals surface area contributed by atoms with E-state index in [-0.39, 0.29) is 11.2 Å². The standard InChI is InChI=1S/C10H15NO3S/c1-3-14-10(13)4-7(2)11-6-8(15)5-9(11)12/h4,8,15H,3,5-6H2,1-2H3. The Bertz CT molecular complexity index is 301. The van der Waals surface area contributed by atoms with E-state index in [1.165, 1.54) is 6.08 Å². The molecule has 0 N–H and O–H groups in total. The van der Waals surface area contributed by atoms with Crippen molar-refractivity contribution < 1.29 is 14.3 Å². The molecule has 1 unspecified atom stereocenters. The largest absolute Gasteiger partial charge is 0.463 e. The van der Waals surface area contributed by atoms with Crippen LogP contribution in [0.3, 0.4) is 0 Å². The molecule has 1 rings (SSSR count). The van der Waals surface area contributed by atoms with Crippen LogP contribution in [0.5, 0.6) is 0 Å². The van der Waals surface area contributed by atoms with Crippen molar-refractivity contribution in [2.24, 2.45) is 0 Å². The summed E-state index contributed by atoms with van der Waals surface area (Å²) in [5, 5.41) is 0.0584. The molecule has 0 bridgehead atoms. The van der Waals surface area contributed by atoms with Crippen LogP contribution in [0.4, 0.5) is 0 Å². The summed E-state index contributed by atoms with van der Waals surface area (Å²) in [4.78, 5) is 24.2. The van der Waals surface area contributed by atoms with E-state index in [0.29, 0.717) is 25.3 Å². The molecule has 0 aliphatic carbocycles. The number of allylic oxidation sites excluding steroid dienone is 1. The zero-order valence-electron chi connectivity index (χ0n) is 8.90. The highest BCUT2D eigenvalue weighted by Crippen LogP contribution is 2.20. The number of hydrogen-bond donors (Lipinski definition) is 1. The quantitative estimate of drug-likeness (QED) is 0.446. The van der Waals surface area contributed by atoms with Gasteiger partial charge >= 0.3 is 5.97 Å². The van der Waals surface area contributed by atoms with Gasteiger partial charge in [-0.3, -0.25) is 4.79 Å². The molecule has 1 atom stereocenters. The summed E-state index contributed by atoms with van der Waals surface area (Å²) >= 11 is 4.23. The third kappa shape index (κ3) is 3.27. The van der Waals surface area contributed by atoms with Crippen molar-refractivity contribution in [1.29, 1.82) is 0 Å². The van der Waals surface area contributed by atoms with E-state index in [0.717, 1.165) is 0 Å². The molecule has 1 amide bonds. The summed E-state index contributed by atoms with van der Waals surface area (Å²) in [6.45, 7) is 4.36. The predicted molar refractivity (Wildman–Crippen MR) is 59.5 cm³/mol. The Balaban J connectivity index is 2.63. The molecule has 0 saturated carbocycles. The monoisotopic (exact) mass is 229 g/mol. The van der Waals surface area contributed by atoms with Crippen LogP contribution in [0.15, 0.2) is 11.8 Å². The first kappa shape index (κ1) is 12.1. The first-order valence-electron chi connectivity index (χ1n) is 4.88. The summed E-state index contributed by atoms with van der Waals surface area (Å²) in [7, 11) is 0. The summed E-state index contributed by atoms with van der Waals surface area (Å²) in [6, 6.07) is 0. The van der Waals surface area contributed by atoms with Crippen LogP contribution >= 0.6 is 12.6 Å². The van der Waals surface area contributed by atoms with Crippen molar-refractivity contribution in [2.75, 3.05) is 13.2 Å². The van der Waals surface area contributed by atoms with Crippen molar-refractivity contribution in [3.63, 3.8) is 0 Å². The van der Waals surface area contributed by atoms with Gasteiger partial charge in [0.15, 0.2) is 0 Å². The first-order chi connectivity index (χ1) is 7.04. The van der Waals surface area contributed by atoms with Crippen molar-refractivity contribution >= 4 is 24.5 Å². The second-order valence-corrected chi connectivity index (χ2v) is 4.13. The molecule has 1 heterocycles. The van der Waals surface area contributed by atoms with E-state index >= 15 is 0 Å². The van der Waals surface area contributed by atoms with Crippen LogP contribution in [0.2, 0.25) is 0 Å². The number of nitrogens with zero attached hydrogens (tertiary/aromatic N) is 1. The van der Waals surface area contributed by atoms with Crippen LogP contribution in [0.1, 0.15) is 20.3 Å². The summed E-state index contributed by atoms with van der Waals surface area (Å²) in [5.41, 5.74) is 0.620. The molecule has 15 heavy (non-hydrogen) atoms. The van der Waals surface area contributed by atoms with Crippen molar-refractivity contribution in [3.05, 3.63) is 11.8 Å². The van der Waals surface area contributed by atoms with Crippen LogP contribution < -0.4 is 0 Å². The van der Waals surface area contributed by atoms with Gasteiger partial charge in [0.1, 0.15) is 0 Å². The Morgan fingerprint density at radius 3 is 2.87 bits per heavy atom. The molecule has 1 aliphatic rings. The molecular formula is C10H15NO3S. The molecule has 84 valence electrons. The van der Waals surface area contributed by atoms with Crippen molar-refractivity contribution in [1.82, 2.24) is 4.90 Å². The van der Waals surface area contributed by atoms with Crippen LogP contribution in [0, 0.1) is 0 Å². The Morgan fingerprint density at radius 1 is 1.73 bits per heavy atom. The molecule has 4 nitrogen and oxygen atoms in total. The number of carbonyl (C=O) groups excluding carboxylic acids is 2. The van der Waals surface area contributed by atoms with Crippen LogP contribution in [0.25, 0.3) is 0 Å². The highest BCUT2D eigenvalue weighted by Gasteiger charge is 2.28. The molecule has 0 spiro atoms. The fourth-order valence-corrected chi connectivity index (χ4v) is 1.78. The maximum Gasteiger partial charge on any atom is 0.332 e. The van der Waals surface area contributed by atoms with Gasteiger partial charge < -0.3 is 9.64 Å². The number of carbonyl (C=O) groups is 2. The third-order valence-corrected chi connectivity index (χ3v) is 2.49. The minimum absolute atomic E-state index is 0.00745. The van der Waals surface area contributed by atoms with E-state index in [1.54, 1.807) is 18.7 Å². The first-order valence-corrected chi connectivity index (χ1v) is 5.39. The number of ether oxygens (including phenoxy) is 1. The van der Waals surface area contributed by atoms with E-state index < -0.39 is 5.97 Å². The third-order valence-electron chi connectivity index (χ3n) is 2.14. The average Bonchev–Trinajstić information content (AvgIpc) is 2.45. The van der Waals surface area contributed by atoms with Gasteiger partial charge in [-0.1, -0.05) is 0 Å². The molecule has 1 fully saturated rings. The second kappa shape index (κ2) is 5.21. The number of amides is 1. The number of thiol groups is 1. The molecular weight excluding hydrogens is 214 g/mol. The lowest BCUT2D eigenvalue weighted by Crippen LogP contribution is -2.24. The van der Waals surface area contributed by atoms with Gasteiger partial charge in [-0.25, -0.2) is 4.79 Å². The minimum Gasteiger partial charge on any atom is -0.463 e. The highest BCUT2D eigenvalue weighted by atomic mass is 32.1. The summed E-state index contributed by atoms with van der Waals surface area (Å²) < 4.78 is 4.76. The molecule has 0 aromatic heterocycles. The van der Waals surface area contributed by atoms with E-state index in [4.69, 9.17) is 4.74 Å². The SMILES string of the molecule is CCOC(=O)C=C(C)N1CC(S)CC1=O. The smallest absolute Gasteiger partial charge is 0.332 e. The molecule has 0 radical (unpaired) electrons. The number of likely N-dealkylation sites (tertiary alicyclic amines) is 1. The fraction of sp³-hybridized carbons (Fsp3) is 0.600. The van der Waals surface area contributed by atoms with Gasteiger partial charge in [-0.05, 0) is 13.8 Å². The zero-order chi connectivity index (χ0) is 11.4. The average molecular weight is 229 g/mol. The number of hydrogen-bond acceptors (Lipinski definition) is 4. The normalized spacial score (nSPS) is 22.1. The topological polar surface area (TPSA) is 46.6 Å². The van der Waals surface area contributed by atoms with Gasteiger partial charge in [-0.15, -0.1) is 0 Å². The molecule has 1 aliphatic heterocycles. The van der Waals surface area contributed by atoms with Crippen molar-refractivity contribution in [3.8, 4) is 0 Å². The maximum atomic E-state index is 11.4. The summed E-state index contributed by atoms with van der Waals surface area (Å²) in [6.07, 6.45) is 1.77. The van der Waals surface area contributed by atoms with Gasteiger partial charge in [-0.2, -0.15) is 12.6 Å². The summed E-state index contributed by atoms with van der Waals surface area (Å²) in [5.74, 6) is -0.404. The Morgan fingerprint density at radius 2 is 2.40 bits per heavy atom. The van der Waals surface area contributed by atoms with Crippen LogP contribution in [-0.2, 0) is 14.3 Å². The Kier molecular flexibility index (Phi) is 4.20. The zero-order valence-corrected chi connectivity index (χ0v) is 9.79. The lowest BCUT2D eigenvalue weighted by Gasteiger charge is -2.15. The highest BCUT2D eigenvalue weighted by molar-refractivity contribution is 7.81. The van der Waals surface area contributed by atoms with Crippen molar-refractivity contribution in [2.45, 2.75) is 25.5 Å². The predicted octanol–water partition coefficient (Wildman–Crippen LogP) is 0.984. The van der Waals surface area contributed by atoms with E-state index in [9.17, 15) is 9.59 Å². The second-order valence-electron chi connectivity index (χ2n) is 3.40. The lowest BCUT2D eigenvalue weighted by molar-refractivity contribution is -0.137. The number of rotatable bonds is 3. The molecule has 0 aromatic carbocycles.